The maximum Gasteiger partial charge on any atom is 0.328 e. The lowest BCUT2D eigenvalue weighted by Crippen LogP contribution is -2.36. The number of aryl methyl sites for hydroxylation is 1. The Labute approximate surface area is 165 Å². The molecule has 0 spiro atoms. The molecule has 0 radical (unpaired) electrons. The fraction of sp³-hybridized carbons (Fsp3) is 0.286. The van der Waals surface area contributed by atoms with Crippen LogP contribution < -0.4 is 9.62 Å². The van der Waals surface area contributed by atoms with Crippen molar-refractivity contribution in [3.63, 3.8) is 0 Å². The van der Waals surface area contributed by atoms with Crippen molar-refractivity contribution in [2.45, 2.75) is 31.1 Å². The average Bonchev–Trinajstić information content (AvgIpc) is 3.06. The second kappa shape index (κ2) is 7.85. The minimum absolute atomic E-state index is 0.0623. The third kappa shape index (κ3) is 3.72. The number of furan rings is 1. The van der Waals surface area contributed by atoms with Gasteiger partial charge in [0.15, 0.2) is 10.7 Å². The maximum atomic E-state index is 14.4. The molecule has 1 saturated heterocycles. The highest BCUT2D eigenvalue weighted by Gasteiger charge is 2.23. The number of nitrogens with one attached hydrogen (secondary N) is 1. The lowest BCUT2D eigenvalue weighted by Gasteiger charge is -2.33. The predicted octanol–water partition coefficient (Wildman–Crippen LogP) is 4.19. The molecule has 3 aromatic rings. The predicted molar refractivity (Wildman–Crippen MR) is 107 cm³/mol. The molecule has 1 aliphatic heterocycles. The first-order valence-corrected chi connectivity index (χ1v) is 10.5. The molecule has 1 aliphatic rings. The summed E-state index contributed by atoms with van der Waals surface area (Å²) >= 11 is -1.72. The second-order valence-electron chi connectivity index (χ2n) is 6.89. The van der Waals surface area contributed by atoms with E-state index in [9.17, 15) is 13.7 Å². The molecule has 1 N–H and O–H groups in total. The van der Waals surface area contributed by atoms with Crippen molar-refractivity contribution in [3.8, 4) is 0 Å². The number of carbonyl (C=O) groups is 1. The van der Waals surface area contributed by atoms with Crippen LogP contribution in [0, 0.1) is 5.82 Å². The molecule has 1 aromatic heterocycles. The lowest BCUT2D eigenvalue weighted by molar-refractivity contribution is 0.0956. The number of rotatable bonds is 6. The molecular weight excluding hydrogens is 379 g/mol. The van der Waals surface area contributed by atoms with Crippen LogP contribution in [0.3, 0.4) is 0 Å². The van der Waals surface area contributed by atoms with E-state index in [-0.39, 0.29) is 11.1 Å². The number of benzene rings is 2. The molecule has 146 valence electrons. The first kappa shape index (κ1) is 18.8. The molecule has 1 unspecified atom stereocenters. The summed E-state index contributed by atoms with van der Waals surface area (Å²) < 4.78 is 34.9. The van der Waals surface area contributed by atoms with E-state index in [0.29, 0.717) is 10.5 Å². The summed E-state index contributed by atoms with van der Waals surface area (Å²) in [5, 5.41) is 0.241. The van der Waals surface area contributed by atoms with E-state index in [1.807, 2.05) is 23.1 Å². The monoisotopic (exact) mass is 400 g/mol. The number of hydrogen-bond donors (Lipinski definition) is 1. The fourth-order valence-electron chi connectivity index (χ4n) is 3.25. The third-order valence-electron chi connectivity index (χ3n) is 4.85. The molecule has 1 amide bonds. The Hall–Kier alpha value is -2.51. The van der Waals surface area contributed by atoms with Crippen molar-refractivity contribution in [2.75, 3.05) is 18.0 Å². The number of nitrogens with zero attached hydrogens (tertiary/aromatic N) is 1. The highest BCUT2D eigenvalue weighted by molar-refractivity contribution is 7.90. The standard InChI is InChI=1S/C21H21FN2O3S/c1-2-5-14-6-3-7-16(10-14)28(26)23-21(25)20-13-17-18(22)11-15(12-19(17)27-20)24-8-4-9-24/h3,6-7,10-13H,2,4-5,8-9H2,1H3,(H,23,25). The van der Waals surface area contributed by atoms with E-state index >= 15 is 0 Å². The van der Waals surface area contributed by atoms with Gasteiger partial charge in [-0.2, -0.15) is 4.72 Å². The summed E-state index contributed by atoms with van der Waals surface area (Å²) in [7, 11) is 0. The summed E-state index contributed by atoms with van der Waals surface area (Å²) in [6.07, 6.45) is 2.93. The van der Waals surface area contributed by atoms with Gasteiger partial charge >= 0.3 is 5.91 Å². The zero-order chi connectivity index (χ0) is 19.7. The second-order valence-corrected chi connectivity index (χ2v) is 8.10. The molecule has 1 fully saturated rings. The first-order chi connectivity index (χ1) is 13.5. The molecular formula is C21H21FN2O3S. The van der Waals surface area contributed by atoms with Gasteiger partial charge in [-0.15, -0.1) is 0 Å². The molecule has 5 nitrogen and oxygen atoms in total. The lowest BCUT2D eigenvalue weighted by atomic mass is 10.1. The minimum atomic E-state index is -1.72. The number of amides is 1. The van der Waals surface area contributed by atoms with E-state index in [2.05, 4.69) is 11.6 Å². The van der Waals surface area contributed by atoms with Crippen LogP contribution in [0.15, 0.2) is 51.8 Å². The molecule has 0 aliphatic carbocycles. The van der Waals surface area contributed by atoms with Crippen molar-refractivity contribution in [2.24, 2.45) is 0 Å². The van der Waals surface area contributed by atoms with Crippen molar-refractivity contribution in [1.29, 1.82) is 0 Å². The van der Waals surface area contributed by atoms with Crippen molar-refractivity contribution in [3.05, 3.63) is 59.6 Å². The fourth-order valence-corrected chi connectivity index (χ4v) is 4.10. The van der Waals surface area contributed by atoms with Gasteiger partial charge in [-0.3, -0.25) is 4.79 Å². The topological polar surface area (TPSA) is 68.5 Å². The Bertz CT molecular complexity index is 1020. The van der Waals surface area contributed by atoms with Gasteiger partial charge in [-0.05, 0) is 36.6 Å². The average molecular weight is 400 g/mol. The largest absolute Gasteiger partial charge is 0.588 e. The van der Waals surface area contributed by atoms with Gasteiger partial charge in [-0.25, -0.2) is 4.39 Å². The molecule has 0 bridgehead atoms. The van der Waals surface area contributed by atoms with E-state index in [4.69, 9.17) is 4.42 Å². The Morgan fingerprint density at radius 2 is 2.11 bits per heavy atom. The third-order valence-corrected chi connectivity index (χ3v) is 5.91. The summed E-state index contributed by atoms with van der Waals surface area (Å²) in [4.78, 5) is 15.0. The molecule has 7 heteroatoms. The Morgan fingerprint density at radius 3 is 2.82 bits per heavy atom. The molecule has 1 atom stereocenters. The molecule has 2 aromatic carbocycles. The highest BCUT2D eigenvalue weighted by atomic mass is 32.2. The normalized spacial score (nSPS) is 14.8. The summed E-state index contributed by atoms with van der Waals surface area (Å²) in [5.74, 6) is -1.14. The summed E-state index contributed by atoms with van der Waals surface area (Å²) in [5.41, 5.74) is 2.11. The van der Waals surface area contributed by atoms with Gasteiger partial charge in [0.2, 0.25) is 0 Å². The van der Waals surface area contributed by atoms with Crippen LogP contribution in [0.25, 0.3) is 11.0 Å². The number of halogens is 1. The van der Waals surface area contributed by atoms with E-state index < -0.39 is 23.1 Å². The van der Waals surface area contributed by atoms with Crippen LogP contribution in [0.2, 0.25) is 0 Å². The highest BCUT2D eigenvalue weighted by Crippen LogP contribution is 2.30. The SMILES string of the molecule is CCCc1cccc([S+]([O-])NC(=O)c2cc3c(F)cc(N4CCC4)cc3o2)c1. The zero-order valence-electron chi connectivity index (χ0n) is 15.5. The Balaban J connectivity index is 1.53. The van der Waals surface area contributed by atoms with E-state index in [0.717, 1.165) is 43.6 Å². The van der Waals surface area contributed by atoms with Crippen LogP contribution in [0.5, 0.6) is 0 Å². The van der Waals surface area contributed by atoms with Crippen LogP contribution in [0.4, 0.5) is 10.1 Å². The Morgan fingerprint density at radius 1 is 1.29 bits per heavy atom. The molecule has 4 rings (SSSR count). The number of carbonyl (C=O) groups excluding carboxylic acids is 1. The van der Waals surface area contributed by atoms with Gasteiger partial charge in [0.05, 0.1) is 5.39 Å². The minimum Gasteiger partial charge on any atom is -0.588 e. The van der Waals surface area contributed by atoms with Gasteiger partial charge in [-0.1, -0.05) is 25.5 Å². The van der Waals surface area contributed by atoms with Crippen LogP contribution in [-0.4, -0.2) is 23.5 Å². The zero-order valence-corrected chi connectivity index (χ0v) is 16.4. The maximum absolute atomic E-state index is 14.4. The molecule has 0 saturated carbocycles. The van der Waals surface area contributed by atoms with E-state index in [1.165, 1.54) is 12.1 Å². The number of hydrogen-bond acceptors (Lipinski definition) is 4. The number of anilines is 1. The number of fused-ring (bicyclic) bond motifs is 1. The Kier molecular flexibility index (Phi) is 5.28. The molecule has 2 heterocycles. The smallest absolute Gasteiger partial charge is 0.328 e. The van der Waals surface area contributed by atoms with Crippen molar-refractivity contribution in [1.82, 2.24) is 4.72 Å². The van der Waals surface area contributed by atoms with Gasteiger partial charge in [0, 0.05) is 30.9 Å². The molecule has 28 heavy (non-hydrogen) atoms. The first-order valence-electron chi connectivity index (χ1n) is 9.35. The van der Waals surface area contributed by atoms with Gasteiger partial charge in [0.1, 0.15) is 22.8 Å². The van der Waals surface area contributed by atoms with Crippen LogP contribution in [-0.2, 0) is 17.8 Å². The van der Waals surface area contributed by atoms with Crippen LogP contribution >= 0.6 is 0 Å². The van der Waals surface area contributed by atoms with Crippen molar-refractivity contribution < 1.29 is 18.2 Å². The van der Waals surface area contributed by atoms with Crippen molar-refractivity contribution >= 4 is 33.9 Å². The quantitative estimate of drug-likeness (QED) is 0.630. The van der Waals surface area contributed by atoms with Crippen LogP contribution in [0.1, 0.15) is 35.9 Å². The van der Waals surface area contributed by atoms with Gasteiger partial charge < -0.3 is 13.9 Å². The van der Waals surface area contributed by atoms with E-state index in [1.54, 1.807) is 12.1 Å². The summed E-state index contributed by atoms with van der Waals surface area (Å²) in [6.45, 7) is 3.84. The summed E-state index contributed by atoms with van der Waals surface area (Å²) in [6, 6.07) is 11.8. The van der Waals surface area contributed by atoms with Gasteiger partial charge in [0.25, 0.3) is 0 Å².